The third-order valence-electron chi connectivity index (χ3n) is 6.12. The molecule has 0 atom stereocenters. The molecular weight excluding hydrogens is 361 g/mol. The first kappa shape index (κ1) is 20.8. The molecule has 152 valence electrons. The SMILES string of the molecule is Cc1cc(OC(F)(F)c2c(C)cc(C3CCC(F)CC3)cc2C)cc(C)c1C. The summed E-state index contributed by atoms with van der Waals surface area (Å²) in [4.78, 5) is 0. The molecule has 0 saturated heterocycles. The number of halogens is 3. The average Bonchev–Trinajstić information content (AvgIpc) is 2.59. The van der Waals surface area contributed by atoms with Gasteiger partial charge in [0, 0.05) is 0 Å². The summed E-state index contributed by atoms with van der Waals surface area (Å²) in [5.41, 5.74) is 4.92. The molecule has 1 aliphatic rings. The molecule has 0 spiro atoms. The zero-order valence-corrected chi connectivity index (χ0v) is 17.3. The second-order valence-electron chi connectivity index (χ2n) is 8.28. The van der Waals surface area contributed by atoms with Crippen LogP contribution in [-0.2, 0) is 6.11 Å². The van der Waals surface area contributed by atoms with Crippen LogP contribution in [0, 0.1) is 34.6 Å². The van der Waals surface area contributed by atoms with E-state index < -0.39 is 12.3 Å². The lowest BCUT2D eigenvalue weighted by molar-refractivity contribution is -0.186. The lowest BCUT2D eigenvalue weighted by Crippen LogP contribution is -2.25. The Morgan fingerprint density at radius 2 is 1.29 bits per heavy atom. The number of rotatable bonds is 4. The fourth-order valence-corrected chi connectivity index (χ4v) is 4.33. The van der Waals surface area contributed by atoms with E-state index in [9.17, 15) is 4.39 Å². The van der Waals surface area contributed by atoms with Crippen molar-refractivity contribution in [3.05, 3.63) is 63.2 Å². The summed E-state index contributed by atoms with van der Waals surface area (Å²) >= 11 is 0. The monoisotopic (exact) mass is 390 g/mol. The van der Waals surface area contributed by atoms with Gasteiger partial charge in [0.25, 0.3) is 0 Å². The van der Waals surface area contributed by atoms with E-state index in [1.165, 1.54) is 0 Å². The number of ether oxygens (including phenoxy) is 1. The summed E-state index contributed by atoms with van der Waals surface area (Å²) in [5, 5.41) is 0. The van der Waals surface area contributed by atoms with Crippen LogP contribution in [0.25, 0.3) is 0 Å². The molecule has 0 aromatic heterocycles. The van der Waals surface area contributed by atoms with Crippen molar-refractivity contribution in [2.24, 2.45) is 0 Å². The van der Waals surface area contributed by atoms with Crippen molar-refractivity contribution >= 4 is 0 Å². The van der Waals surface area contributed by atoms with Gasteiger partial charge >= 0.3 is 6.11 Å². The highest BCUT2D eigenvalue weighted by Crippen LogP contribution is 2.40. The standard InChI is InChI=1S/C24H29F3O/c1-14-12-22(13-15(2)18(14)5)28-24(26,27)23-16(3)10-20(11-17(23)4)19-6-8-21(25)9-7-19/h10-13,19,21H,6-9H2,1-5H3. The van der Waals surface area contributed by atoms with Gasteiger partial charge in [-0.25, -0.2) is 4.39 Å². The summed E-state index contributed by atoms with van der Waals surface area (Å²) in [6.45, 7) is 9.16. The fraction of sp³-hybridized carbons (Fsp3) is 0.500. The molecule has 1 fully saturated rings. The lowest BCUT2D eigenvalue weighted by atomic mass is 9.81. The van der Waals surface area contributed by atoms with Gasteiger partial charge in [0.05, 0.1) is 5.56 Å². The van der Waals surface area contributed by atoms with E-state index >= 15 is 8.78 Å². The van der Waals surface area contributed by atoms with E-state index in [4.69, 9.17) is 4.74 Å². The van der Waals surface area contributed by atoms with Crippen molar-refractivity contribution < 1.29 is 17.9 Å². The number of benzene rings is 2. The zero-order valence-electron chi connectivity index (χ0n) is 17.3. The molecule has 1 aliphatic carbocycles. The van der Waals surface area contributed by atoms with E-state index in [1.807, 2.05) is 32.9 Å². The summed E-state index contributed by atoms with van der Waals surface area (Å²) in [5.74, 6) is 0.421. The van der Waals surface area contributed by atoms with Crippen LogP contribution in [0.3, 0.4) is 0 Å². The minimum atomic E-state index is -3.42. The van der Waals surface area contributed by atoms with Crippen LogP contribution in [0.2, 0.25) is 0 Å². The van der Waals surface area contributed by atoms with Crippen LogP contribution in [0.15, 0.2) is 24.3 Å². The van der Waals surface area contributed by atoms with E-state index in [-0.39, 0.29) is 17.2 Å². The molecule has 3 rings (SSSR count). The quantitative estimate of drug-likeness (QED) is 0.530. The first-order chi connectivity index (χ1) is 13.1. The van der Waals surface area contributed by atoms with Gasteiger partial charge in [0.1, 0.15) is 11.9 Å². The van der Waals surface area contributed by atoms with Crippen LogP contribution in [-0.4, -0.2) is 6.17 Å². The zero-order chi connectivity index (χ0) is 20.6. The Kier molecular flexibility index (Phi) is 5.79. The molecule has 2 aromatic carbocycles. The fourth-order valence-electron chi connectivity index (χ4n) is 4.33. The molecule has 0 aliphatic heterocycles. The molecule has 1 nitrogen and oxygen atoms in total. The van der Waals surface area contributed by atoms with Crippen LogP contribution in [0.5, 0.6) is 5.75 Å². The Morgan fingerprint density at radius 3 is 1.79 bits per heavy atom. The number of hydrogen-bond donors (Lipinski definition) is 0. The first-order valence-corrected chi connectivity index (χ1v) is 9.99. The second kappa shape index (κ2) is 7.81. The van der Waals surface area contributed by atoms with Crippen LogP contribution in [0.4, 0.5) is 13.2 Å². The van der Waals surface area contributed by atoms with E-state index in [0.717, 1.165) is 35.1 Å². The van der Waals surface area contributed by atoms with Crippen LogP contribution in [0.1, 0.15) is 70.5 Å². The minimum absolute atomic E-state index is 0.0775. The molecule has 1 saturated carbocycles. The van der Waals surface area contributed by atoms with Crippen LogP contribution < -0.4 is 4.74 Å². The maximum atomic E-state index is 15.1. The van der Waals surface area contributed by atoms with Crippen molar-refractivity contribution in [2.75, 3.05) is 0 Å². The molecular formula is C24H29F3O. The van der Waals surface area contributed by atoms with Gasteiger partial charge in [-0.05, 0) is 112 Å². The largest absolute Gasteiger partial charge is 0.429 e. The van der Waals surface area contributed by atoms with Gasteiger partial charge in [-0.1, -0.05) is 12.1 Å². The highest BCUT2D eigenvalue weighted by molar-refractivity contribution is 5.44. The van der Waals surface area contributed by atoms with E-state index in [2.05, 4.69) is 0 Å². The van der Waals surface area contributed by atoms with Gasteiger partial charge in [0.15, 0.2) is 0 Å². The smallest absolute Gasteiger partial charge is 0.427 e. The molecule has 0 bridgehead atoms. The molecule has 4 heteroatoms. The number of aryl methyl sites for hydroxylation is 4. The summed E-state index contributed by atoms with van der Waals surface area (Å²) in [6.07, 6.45) is -1.50. The highest BCUT2D eigenvalue weighted by Gasteiger charge is 2.38. The molecule has 0 unspecified atom stereocenters. The predicted octanol–water partition coefficient (Wildman–Crippen LogP) is 7.35. The van der Waals surface area contributed by atoms with Gasteiger partial charge in [-0.15, -0.1) is 0 Å². The molecule has 0 amide bonds. The molecule has 0 radical (unpaired) electrons. The summed E-state index contributed by atoms with van der Waals surface area (Å²) < 4.78 is 48.8. The maximum absolute atomic E-state index is 15.1. The Hall–Kier alpha value is -1.97. The Labute approximate surface area is 165 Å². The number of alkyl halides is 3. The van der Waals surface area contributed by atoms with Crippen LogP contribution >= 0.6 is 0 Å². The third kappa shape index (κ3) is 4.21. The van der Waals surface area contributed by atoms with Gasteiger partial charge in [-0.3, -0.25) is 0 Å². The van der Waals surface area contributed by atoms with Crippen molar-refractivity contribution in [1.29, 1.82) is 0 Å². The van der Waals surface area contributed by atoms with Crippen molar-refractivity contribution in [3.8, 4) is 5.75 Å². The first-order valence-electron chi connectivity index (χ1n) is 9.99. The molecule has 0 N–H and O–H groups in total. The third-order valence-corrected chi connectivity index (χ3v) is 6.12. The number of hydrogen-bond acceptors (Lipinski definition) is 1. The summed E-state index contributed by atoms with van der Waals surface area (Å²) in [6, 6.07) is 6.97. The van der Waals surface area contributed by atoms with Crippen molar-refractivity contribution in [1.82, 2.24) is 0 Å². The molecule has 2 aromatic rings. The Balaban J connectivity index is 1.89. The minimum Gasteiger partial charge on any atom is -0.429 e. The average molecular weight is 390 g/mol. The van der Waals surface area contributed by atoms with Gasteiger partial charge in [0.2, 0.25) is 0 Å². The second-order valence-corrected chi connectivity index (χ2v) is 8.28. The lowest BCUT2D eigenvalue weighted by Gasteiger charge is -2.27. The van der Waals surface area contributed by atoms with Gasteiger partial charge in [-0.2, -0.15) is 8.78 Å². The molecule has 0 heterocycles. The van der Waals surface area contributed by atoms with E-state index in [1.54, 1.807) is 26.0 Å². The maximum Gasteiger partial charge on any atom is 0.427 e. The van der Waals surface area contributed by atoms with Crippen molar-refractivity contribution in [2.45, 2.75) is 78.5 Å². The molecule has 28 heavy (non-hydrogen) atoms. The Bertz CT molecular complexity index is 818. The predicted molar refractivity (Wildman–Crippen MR) is 107 cm³/mol. The summed E-state index contributed by atoms with van der Waals surface area (Å²) in [7, 11) is 0. The van der Waals surface area contributed by atoms with Crippen molar-refractivity contribution in [3.63, 3.8) is 0 Å². The normalized spacial score (nSPS) is 20.3. The Morgan fingerprint density at radius 1 is 0.786 bits per heavy atom. The topological polar surface area (TPSA) is 9.23 Å². The van der Waals surface area contributed by atoms with E-state index in [0.29, 0.717) is 24.0 Å². The van der Waals surface area contributed by atoms with Gasteiger partial charge < -0.3 is 4.74 Å². The highest BCUT2D eigenvalue weighted by atomic mass is 19.3.